The van der Waals surface area contributed by atoms with Crippen molar-refractivity contribution in [1.82, 2.24) is 10.2 Å². The fourth-order valence-electron chi connectivity index (χ4n) is 2.67. The quantitative estimate of drug-likeness (QED) is 0.745. The first-order valence-corrected chi connectivity index (χ1v) is 6.71. The van der Waals surface area contributed by atoms with E-state index in [0.717, 1.165) is 25.2 Å². The van der Waals surface area contributed by atoms with Crippen LogP contribution < -0.4 is 5.32 Å². The van der Waals surface area contributed by atoms with Gasteiger partial charge in [0, 0.05) is 31.8 Å². The molecule has 2 rings (SSSR count). The average Bonchev–Trinajstić information content (AvgIpc) is 2.87. The lowest BCUT2D eigenvalue weighted by Gasteiger charge is -2.30. The summed E-state index contributed by atoms with van der Waals surface area (Å²) in [6.07, 6.45) is 4.08. The summed E-state index contributed by atoms with van der Waals surface area (Å²) in [4.78, 5) is 2.54. The lowest BCUT2D eigenvalue weighted by atomic mass is 10.1. The molecule has 0 aromatic heterocycles. The SMILES string of the molecule is CCOC(C)(C)CN1CCC(NC2CC2)C1. The molecule has 1 atom stereocenters. The van der Waals surface area contributed by atoms with Crippen molar-refractivity contribution in [3.05, 3.63) is 0 Å². The van der Waals surface area contributed by atoms with Crippen LogP contribution >= 0.6 is 0 Å². The molecule has 1 saturated heterocycles. The van der Waals surface area contributed by atoms with Crippen molar-refractivity contribution < 1.29 is 4.74 Å². The number of hydrogen-bond acceptors (Lipinski definition) is 3. The highest BCUT2D eigenvalue weighted by Gasteiger charge is 2.31. The van der Waals surface area contributed by atoms with E-state index >= 15 is 0 Å². The van der Waals surface area contributed by atoms with E-state index in [2.05, 4.69) is 31.0 Å². The predicted octanol–water partition coefficient (Wildman–Crippen LogP) is 1.63. The maximum Gasteiger partial charge on any atom is 0.0752 e. The first-order chi connectivity index (χ1) is 7.59. The van der Waals surface area contributed by atoms with Crippen molar-refractivity contribution in [2.75, 3.05) is 26.2 Å². The molecule has 3 nitrogen and oxygen atoms in total. The predicted molar refractivity (Wildman–Crippen MR) is 66.7 cm³/mol. The van der Waals surface area contributed by atoms with E-state index in [4.69, 9.17) is 4.74 Å². The molecule has 2 fully saturated rings. The number of nitrogens with one attached hydrogen (secondary N) is 1. The van der Waals surface area contributed by atoms with Crippen LogP contribution in [0, 0.1) is 0 Å². The molecule has 2 aliphatic rings. The van der Waals surface area contributed by atoms with Gasteiger partial charge in [0.05, 0.1) is 5.60 Å². The number of hydrogen-bond donors (Lipinski definition) is 1. The Morgan fingerprint density at radius 3 is 2.62 bits per heavy atom. The van der Waals surface area contributed by atoms with E-state index in [1.807, 2.05) is 0 Å². The Morgan fingerprint density at radius 2 is 2.00 bits per heavy atom. The average molecular weight is 226 g/mol. The second-order valence-electron chi connectivity index (χ2n) is 5.85. The highest BCUT2D eigenvalue weighted by molar-refractivity contribution is 4.90. The first-order valence-electron chi connectivity index (χ1n) is 6.71. The Labute approximate surface area is 99.5 Å². The normalized spacial score (nSPS) is 27.6. The van der Waals surface area contributed by atoms with Crippen LogP contribution in [0.2, 0.25) is 0 Å². The molecule has 0 amide bonds. The third kappa shape index (κ3) is 3.72. The molecule has 1 saturated carbocycles. The topological polar surface area (TPSA) is 24.5 Å². The monoisotopic (exact) mass is 226 g/mol. The van der Waals surface area contributed by atoms with Gasteiger partial charge in [-0.15, -0.1) is 0 Å². The molecule has 3 heteroatoms. The fraction of sp³-hybridized carbons (Fsp3) is 1.00. The minimum absolute atomic E-state index is 0.00320. The summed E-state index contributed by atoms with van der Waals surface area (Å²) in [5.74, 6) is 0. The van der Waals surface area contributed by atoms with Gasteiger partial charge in [-0.05, 0) is 46.6 Å². The Bertz CT molecular complexity index is 226. The highest BCUT2D eigenvalue weighted by Crippen LogP contribution is 2.23. The Morgan fingerprint density at radius 1 is 1.25 bits per heavy atom. The standard InChI is InChI=1S/C13H26N2O/c1-4-16-13(2,3)10-15-8-7-12(9-15)14-11-5-6-11/h11-12,14H,4-10H2,1-3H3. The van der Waals surface area contributed by atoms with E-state index in [1.165, 1.54) is 32.4 Å². The van der Waals surface area contributed by atoms with Crippen LogP contribution in [0.4, 0.5) is 0 Å². The van der Waals surface area contributed by atoms with E-state index in [-0.39, 0.29) is 5.60 Å². The molecule has 1 heterocycles. The molecule has 0 bridgehead atoms. The molecule has 0 aromatic carbocycles. The van der Waals surface area contributed by atoms with Gasteiger partial charge in [0.25, 0.3) is 0 Å². The molecule has 16 heavy (non-hydrogen) atoms. The number of ether oxygens (including phenoxy) is 1. The van der Waals surface area contributed by atoms with Crippen molar-refractivity contribution >= 4 is 0 Å². The lowest BCUT2D eigenvalue weighted by molar-refractivity contribution is -0.0304. The smallest absolute Gasteiger partial charge is 0.0752 e. The van der Waals surface area contributed by atoms with Crippen molar-refractivity contribution in [2.24, 2.45) is 0 Å². The Kier molecular flexibility index (Phi) is 3.88. The van der Waals surface area contributed by atoms with Gasteiger partial charge in [-0.25, -0.2) is 0 Å². The van der Waals surface area contributed by atoms with Crippen LogP contribution in [0.25, 0.3) is 0 Å². The van der Waals surface area contributed by atoms with Gasteiger partial charge in [-0.2, -0.15) is 0 Å². The molecular weight excluding hydrogens is 200 g/mol. The van der Waals surface area contributed by atoms with Crippen LogP contribution in [0.5, 0.6) is 0 Å². The summed E-state index contributed by atoms with van der Waals surface area (Å²) in [7, 11) is 0. The highest BCUT2D eigenvalue weighted by atomic mass is 16.5. The summed E-state index contributed by atoms with van der Waals surface area (Å²) in [6, 6.07) is 1.56. The second kappa shape index (κ2) is 5.03. The maximum absolute atomic E-state index is 5.76. The number of likely N-dealkylation sites (tertiary alicyclic amines) is 1. The minimum Gasteiger partial charge on any atom is -0.375 e. The zero-order chi connectivity index (χ0) is 11.6. The summed E-state index contributed by atoms with van der Waals surface area (Å²) >= 11 is 0. The Hall–Kier alpha value is -0.120. The molecule has 0 radical (unpaired) electrons. The third-order valence-electron chi connectivity index (χ3n) is 3.46. The number of rotatable bonds is 6. The zero-order valence-electron chi connectivity index (χ0n) is 11.0. The van der Waals surface area contributed by atoms with Crippen molar-refractivity contribution in [3.63, 3.8) is 0 Å². The minimum atomic E-state index is 0.00320. The largest absolute Gasteiger partial charge is 0.375 e. The Balaban J connectivity index is 1.70. The van der Waals surface area contributed by atoms with Gasteiger partial charge < -0.3 is 10.1 Å². The lowest BCUT2D eigenvalue weighted by Crippen LogP contribution is -2.41. The van der Waals surface area contributed by atoms with E-state index in [9.17, 15) is 0 Å². The molecule has 1 unspecified atom stereocenters. The summed E-state index contributed by atoms with van der Waals surface area (Å²) in [5.41, 5.74) is 0.00320. The van der Waals surface area contributed by atoms with Crippen LogP contribution in [0.1, 0.15) is 40.0 Å². The van der Waals surface area contributed by atoms with E-state index < -0.39 is 0 Å². The maximum atomic E-state index is 5.76. The zero-order valence-corrected chi connectivity index (χ0v) is 11.0. The van der Waals surface area contributed by atoms with Crippen molar-refractivity contribution in [1.29, 1.82) is 0 Å². The molecule has 1 aliphatic heterocycles. The summed E-state index contributed by atoms with van der Waals surface area (Å²) < 4.78 is 5.76. The van der Waals surface area contributed by atoms with Crippen LogP contribution in [0.15, 0.2) is 0 Å². The second-order valence-corrected chi connectivity index (χ2v) is 5.85. The molecule has 1 N–H and O–H groups in total. The number of nitrogens with zero attached hydrogens (tertiary/aromatic N) is 1. The van der Waals surface area contributed by atoms with Gasteiger partial charge in [0.2, 0.25) is 0 Å². The third-order valence-corrected chi connectivity index (χ3v) is 3.46. The fourth-order valence-corrected chi connectivity index (χ4v) is 2.67. The molecule has 1 aliphatic carbocycles. The van der Waals surface area contributed by atoms with Gasteiger partial charge in [0.1, 0.15) is 0 Å². The summed E-state index contributed by atoms with van der Waals surface area (Å²) in [5, 5.41) is 3.72. The molecule has 0 aromatic rings. The molecular formula is C13H26N2O. The van der Waals surface area contributed by atoms with Crippen LogP contribution in [-0.2, 0) is 4.74 Å². The van der Waals surface area contributed by atoms with Crippen LogP contribution in [0.3, 0.4) is 0 Å². The van der Waals surface area contributed by atoms with Gasteiger partial charge in [-0.1, -0.05) is 0 Å². The van der Waals surface area contributed by atoms with E-state index in [1.54, 1.807) is 0 Å². The molecule has 0 spiro atoms. The molecule has 94 valence electrons. The van der Waals surface area contributed by atoms with Crippen molar-refractivity contribution in [2.45, 2.75) is 57.7 Å². The van der Waals surface area contributed by atoms with E-state index in [0.29, 0.717) is 0 Å². The van der Waals surface area contributed by atoms with Gasteiger partial charge in [0.15, 0.2) is 0 Å². The van der Waals surface area contributed by atoms with Gasteiger partial charge in [-0.3, -0.25) is 4.90 Å². The van der Waals surface area contributed by atoms with Crippen molar-refractivity contribution in [3.8, 4) is 0 Å². The first kappa shape index (κ1) is 12.3. The summed E-state index contributed by atoms with van der Waals surface area (Å²) in [6.45, 7) is 10.8. The van der Waals surface area contributed by atoms with Crippen LogP contribution in [-0.4, -0.2) is 48.8 Å². The van der Waals surface area contributed by atoms with Gasteiger partial charge >= 0.3 is 0 Å².